The van der Waals surface area contributed by atoms with Gasteiger partial charge >= 0.3 is 41.6 Å². The Hall–Kier alpha value is -2.02. The number of ether oxygens (including phenoxy) is 2. The minimum absolute atomic E-state index is 0. The van der Waals surface area contributed by atoms with E-state index in [1.165, 1.54) is 26.2 Å². The normalized spacial score (nSPS) is 10.6. The first-order valence-electron chi connectivity index (χ1n) is 7.65. The van der Waals surface area contributed by atoms with Crippen molar-refractivity contribution in [2.75, 3.05) is 25.7 Å². The molecule has 1 aromatic carbocycles. The molecular weight excluding hydrogens is 404 g/mol. The van der Waals surface area contributed by atoms with Crippen molar-refractivity contribution < 1.29 is 58.1 Å². The Bertz CT molecular complexity index is 951. The molecule has 10 nitrogen and oxygen atoms in total. The number of aromatic nitrogens is 3. The molecule has 0 saturated heterocycles. The largest absolute Gasteiger partial charge is 1.00 e. The number of halogens is 1. The molecule has 0 aliphatic rings. The molecule has 0 aliphatic carbocycles. The standard InChI is InChI=1S/C15H18FN5O5S.Na.H/c1-9-5-4-6-11(26-8-7-16)12(9)27(23,24)21-14(22)19-13-17-10(2)18-15(20-13)25-3;;/h4-6H,7-8H2,1-3H3,(H2,17,18,19,20,21,22);;/q;+1;-1. The van der Waals surface area contributed by atoms with Gasteiger partial charge in [-0.1, -0.05) is 12.1 Å². The molecule has 2 amide bonds. The van der Waals surface area contributed by atoms with Crippen LogP contribution in [0.4, 0.5) is 15.1 Å². The van der Waals surface area contributed by atoms with Gasteiger partial charge in [-0.05, 0) is 25.5 Å². The van der Waals surface area contributed by atoms with Gasteiger partial charge in [0.1, 0.15) is 29.8 Å². The van der Waals surface area contributed by atoms with Gasteiger partial charge in [-0.2, -0.15) is 15.0 Å². The molecular formula is C15H19FN5NaO5S. The van der Waals surface area contributed by atoms with Crippen LogP contribution in [0.2, 0.25) is 0 Å². The summed E-state index contributed by atoms with van der Waals surface area (Å²) in [7, 11) is -2.98. The van der Waals surface area contributed by atoms with Crippen LogP contribution in [0.25, 0.3) is 0 Å². The predicted molar refractivity (Wildman–Crippen MR) is 94.2 cm³/mol. The van der Waals surface area contributed by atoms with Crippen LogP contribution in [0, 0.1) is 13.8 Å². The fourth-order valence-electron chi connectivity index (χ4n) is 2.14. The summed E-state index contributed by atoms with van der Waals surface area (Å²) in [4.78, 5) is 23.3. The van der Waals surface area contributed by atoms with Gasteiger partial charge in [-0.3, -0.25) is 5.32 Å². The van der Waals surface area contributed by atoms with E-state index >= 15 is 0 Å². The van der Waals surface area contributed by atoms with Gasteiger partial charge in [0.25, 0.3) is 10.0 Å². The second kappa shape index (κ2) is 10.5. The molecule has 0 radical (unpaired) electrons. The molecule has 0 atom stereocenters. The Kier molecular flexibility index (Phi) is 9.01. The summed E-state index contributed by atoms with van der Waals surface area (Å²) in [6.07, 6.45) is 0. The van der Waals surface area contributed by atoms with E-state index in [0.717, 1.165) is 0 Å². The Balaban J connectivity index is 0.00000392. The molecule has 148 valence electrons. The number of sulfonamides is 1. The van der Waals surface area contributed by atoms with Crippen molar-refractivity contribution in [3.63, 3.8) is 0 Å². The van der Waals surface area contributed by atoms with E-state index in [9.17, 15) is 17.6 Å². The monoisotopic (exact) mass is 423 g/mol. The van der Waals surface area contributed by atoms with Gasteiger partial charge in [0.05, 0.1) is 7.11 Å². The van der Waals surface area contributed by atoms with Gasteiger partial charge < -0.3 is 10.9 Å². The van der Waals surface area contributed by atoms with E-state index in [-0.39, 0.29) is 66.0 Å². The Labute approximate surface area is 185 Å². The summed E-state index contributed by atoms with van der Waals surface area (Å²) in [5.74, 6) is 0.0113. The minimum Gasteiger partial charge on any atom is -1.00 e. The van der Waals surface area contributed by atoms with Gasteiger partial charge in [-0.25, -0.2) is 22.3 Å². The van der Waals surface area contributed by atoms with Gasteiger partial charge in [-0.15, -0.1) is 0 Å². The average Bonchev–Trinajstić information content (AvgIpc) is 2.58. The van der Waals surface area contributed by atoms with E-state index in [1.54, 1.807) is 13.0 Å². The zero-order valence-electron chi connectivity index (χ0n) is 16.8. The van der Waals surface area contributed by atoms with Crippen LogP contribution < -0.4 is 49.1 Å². The van der Waals surface area contributed by atoms with E-state index in [0.29, 0.717) is 5.56 Å². The molecule has 13 heteroatoms. The number of benzene rings is 1. The third-order valence-corrected chi connectivity index (χ3v) is 4.66. The van der Waals surface area contributed by atoms with Crippen molar-refractivity contribution in [1.29, 1.82) is 0 Å². The quantitative estimate of drug-likeness (QED) is 0.513. The number of carbonyl (C=O) groups excluding carboxylic acids is 1. The van der Waals surface area contributed by atoms with Crippen LogP contribution >= 0.6 is 0 Å². The zero-order valence-corrected chi connectivity index (χ0v) is 18.6. The summed E-state index contributed by atoms with van der Waals surface area (Å²) >= 11 is 0. The zero-order chi connectivity index (χ0) is 20.0. The van der Waals surface area contributed by atoms with E-state index in [4.69, 9.17) is 9.47 Å². The molecule has 1 heterocycles. The van der Waals surface area contributed by atoms with Crippen LogP contribution in [0.15, 0.2) is 23.1 Å². The predicted octanol–water partition coefficient (Wildman–Crippen LogP) is -1.53. The number of aryl methyl sites for hydroxylation is 2. The van der Waals surface area contributed by atoms with Crippen molar-refractivity contribution in [1.82, 2.24) is 19.7 Å². The first kappa shape index (κ1) is 24.0. The fraction of sp³-hybridized carbons (Fsp3) is 0.333. The average molecular weight is 423 g/mol. The Morgan fingerprint density at radius 3 is 2.61 bits per heavy atom. The van der Waals surface area contributed by atoms with Crippen LogP contribution in [-0.4, -0.2) is 49.8 Å². The number of nitrogens with zero attached hydrogens (tertiary/aromatic N) is 3. The number of amides is 2. The fourth-order valence-corrected chi connectivity index (χ4v) is 3.42. The molecule has 0 aliphatic heterocycles. The van der Waals surface area contributed by atoms with Gasteiger partial charge in [0.15, 0.2) is 0 Å². The van der Waals surface area contributed by atoms with Crippen molar-refractivity contribution >= 4 is 22.0 Å². The van der Waals surface area contributed by atoms with Crippen LogP contribution in [0.5, 0.6) is 11.8 Å². The first-order valence-corrected chi connectivity index (χ1v) is 9.14. The summed E-state index contributed by atoms with van der Waals surface area (Å²) in [5, 5.41) is 2.19. The van der Waals surface area contributed by atoms with E-state index in [1.807, 2.05) is 4.72 Å². The second-order valence-corrected chi connectivity index (χ2v) is 6.81. The summed E-state index contributed by atoms with van der Waals surface area (Å²) < 4.78 is 49.4. The summed E-state index contributed by atoms with van der Waals surface area (Å²) in [5.41, 5.74) is 0.323. The molecule has 0 fully saturated rings. The number of nitrogens with one attached hydrogen (secondary N) is 2. The topological polar surface area (TPSA) is 132 Å². The minimum atomic E-state index is -4.31. The number of urea groups is 1. The number of hydrogen-bond acceptors (Lipinski definition) is 8. The molecule has 0 spiro atoms. The van der Waals surface area contributed by atoms with Crippen molar-refractivity contribution in [2.45, 2.75) is 18.7 Å². The van der Waals surface area contributed by atoms with Crippen molar-refractivity contribution in [2.24, 2.45) is 0 Å². The third-order valence-electron chi connectivity index (χ3n) is 3.14. The Morgan fingerprint density at radius 1 is 1.25 bits per heavy atom. The number of anilines is 1. The molecule has 28 heavy (non-hydrogen) atoms. The smallest absolute Gasteiger partial charge is 1.00 e. The number of alkyl halides is 1. The second-order valence-electron chi connectivity index (χ2n) is 5.19. The third kappa shape index (κ3) is 6.26. The van der Waals surface area contributed by atoms with E-state index in [2.05, 4.69) is 20.3 Å². The van der Waals surface area contributed by atoms with Gasteiger partial charge in [0, 0.05) is 0 Å². The molecule has 2 aromatic rings. The maximum atomic E-state index is 12.6. The maximum absolute atomic E-state index is 12.6. The molecule has 1 aromatic heterocycles. The number of methoxy groups -OCH3 is 1. The van der Waals surface area contributed by atoms with Crippen LogP contribution in [-0.2, 0) is 10.0 Å². The van der Waals surface area contributed by atoms with Crippen LogP contribution in [0.1, 0.15) is 12.8 Å². The Morgan fingerprint density at radius 2 is 1.96 bits per heavy atom. The molecule has 2 rings (SSSR count). The summed E-state index contributed by atoms with van der Waals surface area (Å²) in [6.45, 7) is 1.96. The van der Waals surface area contributed by atoms with Crippen molar-refractivity contribution in [3.05, 3.63) is 29.6 Å². The number of carbonyl (C=O) groups is 1. The summed E-state index contributed by atoms with van der Waals surface area (Å²) in [6, 6.07) is 3.32. The first-order chi connectivity index (χ1) is 12.8. The number of hydrogen-bond donors (Lipinski definition) is 2. The SMILES string of the molecule is COc1nc(C)nc(NC(=O)NS(=O)(=O)c2c(C)cccc2OCCF)n1.[H-].[Na+]. The number of rotatable bonds is 7. The van der Waals surface area contributed by atoms with Crippen molar-refractivity contribution in [3.8, 4) is 11.8 Å². The van der Waals surface area contributed by atoms with E-state index < -0.39 is 22.7 Å². The van der Waals surface area contributed by atoms with Crippen LogP contribution in [0.3, 0.4) is 0 Å². The maximum Gasteiger partial charge on any atom is 1.00 e. The molecule has 0 saturated carbocycles. The molecule has 0 unspecified atom stereocenters. The molecule has 2 N–H and O–H groups in total. The van der Waals surface area contributed by atoms with Gasteiger partial charge in [0.2, 0.25) is 5.95 Å². The molecule has 0 bridgehead atoms.